The first-order valence-corrected chi connectivity index (χ1v) is 7.84. The molecule has 1 saturated heterocycles. The standard InChI is InChI=1S/C17H22N2O2/c20-17(21)8-7-14-13-19(12-11-18-9-3-4-10-18)16-6-2-1-5-15(14)16/h1-2,5-6,13H,3-4,7-12H2,(H,20,21). The second-order valence-corrected chi connectivity index (χ2v) is 5.94. The number of carbonyl (C=O) groups excluding carboxylic acids is 1. The van der Waals surface area contributed by atoms with Crippen molar-refractivity contribution in [2.45, 2.75) is 32.2 Å². The molecule has 1 fully saturated rings. The number of rotatable bonds is 6. The monoisotopic (exact) mass is 286 g/mol. The van der Waals surface area contributed by atoms with Crippen molar-refractivity contribution in [1.82, 2.24) is 4.57 Å². The van der Waals surface area contributed by atoms with Crippen molar-refractivity contribution in [2.75, 3.05) is 19.6 Å². The largest absolute Gasteiger partial charge is 0.550 e. The Hall–Kier alpha value is -1.81. The molecule has 112 valence electrons. The smallest absolute Gasteiger partial charge is 0.0953 e. The third-order valence-corrected chi connectivity index (χ3v) is 4.49. The summed E-state index contributed by atoms with van der Waals surface area (Å²) < 4.78 is 2.28. The maximum absolute atomic E-state index is 10.7. The topological polar surface area (TPSA) is 49.5 Å². The fraction of sp³-hybridized carbons (Fsp3) is 0.471. The number of hydrogen-bond donors (Lipinski definition) is 1. The predicted octanol–water partition coefficient (Wildman–Crippen LogP) is 0.00250. The molecular formula is C17H22N2O2. The summed E-state index contributed by atoms with van der Waals surface area (Å²) in [7, 11) is 0. The van der Waals surface area contributed by atoms with Gasteiger partial charge in [-0.3, -0.25) is 0 Å². The van der Waals surface area contributed by atoms with E-state index in [1.807, 2.05) is 12.1 Å². The molecule has 1 N–H and O–H groups in total. The van der Waals surface area contributed by atoms with E-state index in [0.717, 1.165) is 18.7 Å². The summed E-state index contributed by atoms with van der Waals surface area (Å²) in [6, 6.07) is 8.27. The van der Waals surface area contributed by atoms with Crippen LogP contribution in [0.15, 0.2) is 30.5 Å². The lowest BCUT2D eigenvalue weighted by molar-refractivity contribution is -0.888. The van der Waals surface area contributed by atoms with Gasteiger partial charge in [0.25, 0.3) is 0 Å². The van der Waals surface area contributed by atoms with E-state index in [0.29, 0.717) is 6.42 Å². The number of aliphatic carboxylic acids is 1. The number of fused-ring (bicyclic) bond motifs is 1. The quantitative estimate of drug-likeness (QED) is 0.813. The van der Waals surface area contributed by atoms with E-state index >= 15 is 0 Å². The first-order valence-electron chi connectivity index (χ1n) is 7.84. The van der Waals surface area contributed by atoms with Crippen LogP contribution in [0.5, 0.6) is 0 Å². The third-order valence-electron chi connectivity index (χ3n) is 4.49. The highest BCUT2D eigenvalue weighted by Gasteiger charge is 2.15. The molecule has 0 radical (unpaired) electrons. The van der Waals surface area contributed by atoms with Gasteiger partial charge in [-0.05, 0) is 24.5 Å². The molecule has 1 aliphatic heterocycles. The van der Waals surface area contributed by atoms with Crippen molar-refractivity contribution in [3.05, 3.63) is 36.0 Å². The highest BCUT2D eigenvalue weighted by Crippen LogP contribution is 2.22. The van der Waals surface area contributed by atoms with Crippen molar-refractivity contribution in [3.63, 3.8) is 0 Å². The van der Waals surface area contributed by atoms with Gasteiger partial charge in [-0.2, -0.15) is 0 Å². The van der Waals surface area contributed by atoms with Gasteiger partial charge in [0.1, 0.15) is 0 Å². The second-order valence-electron chi connectivity index (χ2n) is 5.94. The Balaban J connectivity index is 1.78. The van der Waals surface area contributed by atoms with E-state index in [-0.39, 0.29) is 6.42 Å². The zero-order chi connectivity index (χ0) is 14.7. The average Bonchev–Trinajstić information content (AvgIpc) is 3.11. The van der Waals surface area contributed by atoms with Gasteiger partial charge in [-0.25, -0.2) is 0 Å². The molecule has 1 aromatic heterocycles. The molecule has 3 rings (SSSR count). The minimum atomic E-state index is -0.978. The Labute approximate surface area is 125 Å². The van der Waals surface area contributed by atoms with Crippen molar-refractivity contribution in [1.29, 1.82) is 0 Å². The molecule has 0 amide bonds. The minimum Gasteiger partial charge on any atom is -0.550 e. The van der Waals surface area contributed by atoms with Crippen LogP contribution in [-0.4, -0.2) is 30.2 Å². The van der Waals surface area contributed by atoms with E-state index in [2.05, 4.69) is 22.9 Å². The van der Waals surface area contributed by atoms with E-state index in [1.54, 1.807) is 4.90 Å². The molecule has 0 atom stereocenters. The zero-order valence-corrected chi connectivity index (χ0v) is 12.3. The zero-order valence-electron chi connectivity index (χ0n) is 12.3. The van der Waals surface area contributed by atoms with E-state index in [9.17, 15) is 9.90 Å². The average molecular weight is 286 g/mol. The number of carboxylic acids is 1. The van der Waals surface area contributed by atoms with Gasteiger partial charge in [-0.15, -0.1) is 0 Å². The molecule has 0 spiro atoms. The summed E-state index contributed by atoms with van der Waals surface area (Å²) in [5.41, 5.74) is 2.33. The fourth-order valence-electron chi connectivity index (χ4n) is 3.35. The number of nitrogens with zero attached hydrogens (tertiary/aromatic N) is 1. The van der Waals surface area contributed by atoms with Crippen molar-refractivity contribution in [2.24, 2.45) is 0 Å². The van der Waals surface area contributed by atoms with Gasteiger partial charge < -0.3 is 19.4 Å². The molecule has 4 nitrogen and oxygen atoms in total. The minimum absolute atomic E-state index is 0.0887. The molecule has 1 aliphatic rings. The van der Waals surface area contributed by atoms with E-state index in [4.69, 9.17) is 0 Å². The second kappa shape index (κ2) is 6.31. The normalized spacial score (nSPS) is 15.8. The number of carboxylic acid groups (broad SMARTS) is 1. The molecule has 2 aromatic rings. The highest BCUT2D eigenvalue weighted by atomic mass is 16.4. The Kier molecular flexibility index (Phi) is 4.25. The molecule has 0 unspecified atom stereocenters. The highest BCUT2D eigenvalue weighted by molar-refractivity contribution is 5.84. The fourth-order valence-corrected chi connectivity index (χ4v) is 3.35. The molecule has 0 saturated carbocycles. The predicted molar refractivity (Wildman–Crippen MR) is 80.1 cm³/mol. The van der Waals surface area contributed by atoms with Crippen molar-refractivity contribution >= 4 is 16.9 Å². The van der Waals surface area contributed by atoms with Gasteiger partial charge in [0.15, 0.2) is 0 Å². The van der Waals surface area contributed by atoms with Crippen LogP contribution in [0.4, 0.5) is 0 Å². The summed E-state index contributed by atoms with van der Waals surface area (Å²) in [6.07, 6.45) is 5.46. The summed E-state index contributed by atoms with van der Waals surface area (Å²) >= 11 is 0. The third kappa shape index (κ3) is 3.27. The first kappa shape index (κ1) is 14.1. The van der Waals surface area contributed by atoms with Gasteiger partial charge in [0, 0.05) is 35.9 Å². The maximum atomic E-state index is 10.7. The summed E-state index contributed by atoms with van der Waals surface area (Å²) in [4.78, 5) is 12.4. The summed E-state index contributed by atoms with van der Waals surface area (Å²) in [6.45, 7) is 4.73. The number of hydrogen-bond acceptors (Lipinski definition) is 2. The molecule has 1 aromatic carbocycles. The number of quaternary nitrogens is 1. The number of aryl methyl sites for hydroxylation is 1. The van der Waals surface area contributed by atoms with Crippen LogP contribution >= 0.6 is 0 Å². The molecule has 21 heavy (non-hydrogen) atoms. The lowest BCUT2D eigenvalue weighted by Gasteiger charge is -2.13. The van der Waals surface area contributed by atoms with Crippen LogP contribution in [0.1, 0.15) is 24.8 Å². The van der Waals surface area contributed by atoms with Crippen LogP contribution in [0, 0.1) is 0 Å². The lowest BCUT2D eigenvalue weighted by atomic mass is 10.1. The van der Waals surface area contributed by atoms with Gasteiger partial charge in [0.2, 0.25) is 0 Å². The maximum Gasteiger partial charge on any atom is 0.0953 e. The Bertz CT molecular complexity index is 627. The number of benzene rings is 1. The van der Waals surface area contributed by atoms with Gasteiger partial charge >= 0.3 is 0 Å². The van der Waals surface area contributed by atoms with Crippen LogP contribution < -0.4 is 10.0 Å². The Morgan fingerprint density at radius 3 is 2.76 bits per heavy atom. The lowest BCUT2D eigenvalue weighted by Crippen LogP contribution is -3.10. The SMILES string of the molecule is O=C([O-])CCc1cn(CC[NH+]2CCCC2)c2ccccc12. The van der Waals surface area contributed by atoms with E-state index in [1.165, 1.54) is 36.8 Å². The van der Waals surface area contributed by atoms with Gasteiger partial charge in [-0.1, -0.05) is 18.2 Å². The summed E-state index contributed by atoms with van der Waals surface area (Å²) in [5, 5.41) is 11.9. The molecular weight excluding hydrogens is 264 g/mol. The number of likely N-dealkylation sites (tertiary alicyclic amines) is 1. The Morgan fingerprint density at radius 2 is 2.00 bits per heavy atom. The van der Waals surface area contributed by atoms with Crippen LogP contribution in [-0.2, 0) is 17.8 Å². The first-order chi connectivity index (χ1) is 10.2. The number of aromatic nitrogens is 1. The summed E-state index contributed by atoms with van der Waals surface area (Å²) in [5.74, 6) is -0.978. The number of para-hydroxylation sites is 1. The van der Waals surface area contributed by atoms with E-state index < -0.39 is 5.97 Å². The molecule has 0 aliphatic carbocycles. The molecule has 4 heteroatoms. The van der Waals surface area contributed by atoms with Crippen LogP contribution in [0.3, 0.4) is 0 Å². The van der Waals surface area contributed by atoms with Crippen molar-refractivity contribution in [3.8, 4) is 0 Å². The molecule has 2 heterocycles. The van der Waals surface area contributed by atoms with Crippen LogP contribution in [0.2, 0.25) is 0 Å². The molecule has 0 bridgehead atoms. The van der Waals surface area contributed by atoms with Crippen molar-refractivity contribution < 1.29 is 14.8 Å². The Morgan fingerprint density at radius 1 is 1.24 bits per heavy atom. The number of nitrogens with one attached hydrogen (secondary N) is 1. The number of carbonyl (C=O) groups is 1. The van der Waals surface area contributed by atoms with Gasteiger partial charge in [0.05, 0.1) is 26.2 Å². The van der Waals surface area contributed by atoms with Crippen LogP contribution in [0.25, 0.3) is 10.9 Å².